The first kappa shape index (κ1) is 13.5. The zero-order chi connectivity index (χ0) is 14.4. The summed E-state index contributed by atoms with van der Waals surface area (Å²) in [6.07, 6.45) is 0. The molecule has 5 heteroatoms. The Hall–Kier alpha value is -2.95. The summed E-state index contributed by atoms with van der Waals surface area (Å²) in [6, 6.07) is 16.1. The molecule has 0 fully saturated rings. The van der Waals surface area contributed by atoms with Crippen molar-refractivity contribution < 1.29 is 19.5 Å². The molecule has 0 radical (unpaired) electrons. The molecule has 2 rings (SSSR count). The molecular weight excluding hydrogens is 258 g/mol. The number of nitrogens with one attached hydrogen (secondary N) is 1. The molecule has 0 saturated carbocycles. The van der Waals surface area contributed by atoms with Crippen LogP contribution in [0.1, 0.15) is 0 Å². The Morgan fingerprint density at radius 3 is 2.25 bits per heavy atom. The summed E-state index contributed by atoms with van der Waals surface area (Å²) in [5.74, 6) is 0.287. The van der Waals surface area contributed by atoms with Crippen LogP contribution in [0.2, 0.25) is 0 Å². The summed E-state index contributed by atoms with van der Waals surface area (Å²) in [7, 11) is 0. The Kier molecular flexibility index (Phi) is 4.24. The highest BCUT2D eigenvalue weighted by atomic mass is 16.7. The van der Waals surface area contributed by atoms with Crippen molar-refractivity contribution in [3.63, 3.8) is 0 Å². The van der Waals surface area contributed by atoms with E-state index < -0.39 is 5.97 Å². The third-order valence-corrected chi connectivity index (χ3v) is 2.36. The predicted molar refractivity (Wildman–Crippen MR) is 73.5 cm³/mol. The first-order valence-electron chi connectivity index (χ1n) is 5.84. The van der Waals surface area contributed by atoms with Crippen molar-refractivity contribution in [3.05, 3.63) is 66.9 Å². The molecule has 2 aromatic carbocycles. The van der Waals surface area contributed by atoms with Crippen LogP contribution < -0.4 is 15.1 Å². The highest BCUT2D eigenvalue weighted by Gasteiger charge is 2.08. The van der Waals surface area contributed by atoms with Gasteiger partial charge in [-0.05, 0) is 24.3 Å². The molecule has 5 nitrogen and oxygen atoms in total. The van der Waals surface area contributed by atoms with Crippen LogP contribution in [0.4, 0.5) is 0 Å². The lowest BCUT2D eigenvalue weighted by Gasteiger charge is -2.12. The molecule has 20 heavy (non-hydrogen) atoms. The van der Waals surface area contributed by atoms with Crippen LogP contribution >= 0.6 is 0 Å². The van der Waals surface area contributed by atoms with Crippen molar-refractivity contribution in [3.8, 4) is 17.2 Å². The van der Waals surface area contributed by atoms with Gasteiger partial charge in [0.05, 0.1) is 0 Å². The molecule has 0 amide bonds. The number of hydrogen-bond donors (Lipinski definition) is 2. The molecule has 0 spiro atoms. The quantitative estimate of drug-likeness (QED) is 0.624. The highest BCUT2D eigenvalue weighted by molar-refractivity contribution is 5.84. The van der Waals surface area contributed by atoms with E-state index in [4.69, 9.17) is 14.7 Å². The summed E-state index contributed by atoms with van der Waals surface area (Å²) in [5.41, 5.74) is 1.99. The standard InChI is InChI=1S/C15H13NO4/c1-11(15(17)18)16-20-14-10-6-5-9-13(14)19-12-7-3-2-4-8-12/h2-10,16H,1H2,(H,17,18). The number of aliphatic carboxylic acids is 1. The summed E-state index contributed by atoms with van der Waals surface area (Å²) in [5, 5.41) is 8.69. The number of benzene rings is 2. The van der Waals surface area contributed by atoms with Gasteiger partial charge in [0.2, 0.25) is 0 Å². The minimum absolute atomic E-state index is 0.264. The number of hydrogen-bond acceptors (Lipinski definition) is 4. The monoisotopic (exact) mass is 271 g/mol. The first-order chi connectivity index (χ1) is 9.66. The molecule has 0 atom stereocenters. The number of carbonyl (C=O) groups is 1. The fourth-order valence-corrected chi connectivity index (χ4v) is 1.39. The molecule has 0 aliphatic rings. The van der Waals surface area contributed by atoms with Gasteiger partial charge < -0.3 is 14.7 Å². The van der Waals surface area contributed by atoms with E-state index in [9.17, 15) is 4.79 Å². The molecule has 2 N–H and O–H groups in total. The largest absolute Gasteiger partial charge is 0.477 e. The van der Waals surface area contributed by atoms with E-state index in [-0.39, 0.29) is 5.70 Å². The second-order valence-corrected chi connectivity index (χ2v) is 3.85. The van der Waals surface area contributed by atoms with Crippen LogP contribution in [0.15, 0.2) is 66.9 Å². The van der Waals surface area contributed by atoms with E-state index in [0.717, 1.165) is 0 Å². The Morgan fingerprint density at radius 1 is 1.00 bits per heavy atom. The van der Waals surface area contributed by atoms with Crippen molar-refractivity contribution in [2.45, 2.75) is 0 Å². The Labute approximate surface area is 116 Å². The van der Waals surface area contributed by atoms with Gasteiger partial charge in [-0.3, -0.25) is 0 Å². The van der Waals surface area contributed by atoms with E-state index in [1.807, 2.05) is 18.2 Å². The van der Waals surface area contributed by atoms with Crippen molar-refractivity contribution in [1.29, 1.82) is 0 Å². The van der Waals surface area contributed by atoms with Crippen molar-refractivity contribution >= 4 is 5.97 Å². The number of hydroxylamine groups is 1. The lowest BCUT2D eigenvalue weighted by molar-refractivity contribution is -0.133. The smallest absolute Gasteiger partial charge is 0.354 e. The van der Waals surface area contributed by atoms with Gasteiger partial charge in [-0.2, -0.15) is 0 Å². The fourth-order valence-electron chi connectivity index (χ4n) is 1.39. The minimum Gasteiger partial charge on any atom is -0.477 e. The van der Waals surface area contributed by atoms with Gasteiger partial charge in [0, 0.05) is 0 Å². The number of para-hydroxylation sites is 3. The van der Waals surface area contributed by atoms with Gasteiger partial charge in [0.25, 0.3) is 0 Å². The third-order valence-electron chi connectivity index (χ3n) is 2.36. The Bertz CT molecular complexity index is 610. The van der Waals surface area contributed by atoms with Gasteiger partial charge in [-0.25, -0.2) is 10.3 Å². The maximum absolute atomic E-state index is 10.6. The van der Waals surface area contributed by atoms with Crippen LogP contribution in [0.25, 0.3) is 0 Å². The fraction of sp³-hybridized carbons (Fsp3) is 0. The van der Waals surface area contributed by atoms with Crippen LogP contribution in [0.5, 0.6) is 17.2 Å². The van der Waals surface area contributed by atoms with Crippen LogP contribution in [-0.2, 0) is 4.79 Å². The Balaban J connectivity index is 2.10. The van der Waals surface area contributed by atoms with E-state index >= 15 is 0 Å². The number of rotatable bonds is 6. The van der Waals surface area contributed by atoms with Gasteiger partial charge in [-0.1, -0.05) is 36.9 Å². The maximum Gasteiger partial charge on any atom is 0.354 e. The third kappa shape index (κ3) is 3.52. The minimum atomic E-state index is -1.19. The number of carboxylic acids is 1. The molecule has 0 aromatic heterocycles. The van der Waals surface area contributed by atoms with Crippen LogP contribution in [0.3, 0.4) is 0 Å². The average Bonchev–Trinajstić information content (AvgIpc) is 2.47. The van der Waals surface area contributed by atoms with Gasteiger partial charge >= 0.3 is 5.97 Å². The normalized spacial score (nSPS) is 9.60. The summed E-state index contributed by atoms with van der Waals surface area (Å²) in [4.78, 5) is 15.8. The van der Waals surface area contributed by atoms with E-state index in [0.29, 0.717) is 17.2 Å². The molecule has 2 aromatic rings. The molecule has 0 unspecified atom stereocenters. The van der Waals surface area contributed by atoms with Crippen LogP contribution in [-0.4, -0.2) is 11.1 Å². The van der Waals surface area contributed by atoms with Gasteiger partial charge in [0.1, 0.15) is 11.4 Å². The maximum atomic E-state index is 10.6. The van der Waals surface area contributed by atoms with E-state index in [1.54, 1.807) is 36.4 Å². The lowest BCUT2D eigenvalue weighted by Crippen LogP contribution is -2.22. The summed E-state index contributed by atoms with van der Waals surface area (Å²) in [6.45, 7) is 3.31. The van der Waals surface area contributed by atoms with E-state index in [2.05, 4.69) is 12.1 Å². The van der Waals surface area contributed by atoms with Gasteiger partial charge in [-0.15, -0.1) is 0 Å². The molecule has 0 aliphatic carbocycles. The Morgan fingerprint density at radius 2 is 1.60 bits per heavy atom. The van der Waals surface area contributed by atoms with Crippen molar-refractivity contribution in [2.24, 2.45) is 0 Å². The molecule has 0 heterocycles. The van der Waals surface area contributed by atoms with Crippen molar-refractivity contribution in [2.75, 3.05) is 0 Å². The molecular formula is C15H13NO4. The molecule has 102 valence electrons. The molecule has 0 saturated heterocycles. The number of ether oxygens (including phenoxy) is 1. The highest BCUT2D eigenvalue weighted by Crippen LogP contribution is 2.30. The predicted octanol–water partition coefficient (Wildman–Crippen LogP) is 2.96. The van der Waals surface area contributed by atoms with Gasteiger partial charge in [0.15, 0.2) is 11.5 Å². The summed E-state index contributed by atoms with van der Waals surface area (Å²) >= 11 is 0. The first-order valence-corrected chi connectivity index (χ1v) is 5.84. The lowest BCUT2D eigenvalue weighted by atomic mass is 10.3. The second kappa shape index (κ2) is 6.29. The topological polar surface area (TPSA) is 67.8 Å². The summed E-state index contributed by atoms with van der Waals surface area (Å²) < 4.78 is 5.66. The van der Waals surface area contributed by atoms with Crippen LogP contribution in [0, 0.1) is 0 Å². The number of carboxylic acid groups (broad SMARTS) is 1. The molecule has 0 aliphatic heterocycles. The average molecular weight is 271 g/mol. The zero-order valence-corrected chi connectivity index (χ0v) is 10.6. The second-order valence-electron chi connectivity index (χ2n) is 3.85. The molecule has 0 bridgehead atoms. The van der Waals surface area contributed by atoms with E-state index in [1.165, 1.54) is 0 Å². The van der Waals surface area contributed by atoms with Crippen molar-refractivity contribution in [1.82, 2.24) is 5.48 Å². The SMILES string of the molecule is C=C(NOc1ccccc1Oc1ccccc1)C(=O)O. The zero-order valence-electron chi connectivity index (χ0n) is 10.6.